The number of benzene rings is 2. The van der Waals surface area contributed by atoms with E-state index >= 15 is 0 Å². The second kappa shape index (κ2) is 9.04. The molecule has 0 aromatic heterocycles. The Kier molecular flexibility index (Phi) is 6.76. The maximum atomic E-state index is 12.0. The van der Waals surface area contributed by atoms with Gasteiger partial charge in [0.2, 0.25) is 7.85 Å². The zero-order chi connectivity index (χ0) is 17.4. The van der Waals surface area contributed by atoms with Gasteiger partial charge in [-0.25, -0.2) is 4.39 Å². The fourth-order valence-corrected chi connectivity index (χ4v) is 2.15. The number of anilines is 1. The van der Waals surface area contributed by atoms with Gasteiger partial charge in [-0.15, -0.1) is 0 Å². The Morgan fingerprint density at radius 3 is 2.12 bits per heavy atom. The predicted octanol–water partition coefficient (Wildman–Crippen LogP) is 3.53. The van der Waals surface area contributed by atoms with Crippen molar-refractivity contribution in [3.05, 3.63) is 65.2 Å². The molecule has 0 fully saturated rings. The van der Waals surface area contributed by atoms with Gasteiger partial charge in [-0.1, -0.05) is 48.6 Å². The molecule has 24 heavy (non-hydrogen) atoms. The van der Waals surface area contributed by atoms with Crippen molar-refractivity contribution >= 4 is 31.5 Å². The molecule has 5 heteroatoms. The van der Waals surface area contributed by atoms with E-state index in [-0.39, 0.29) is 12.4 Å². The molecule has 0 N–H and O–H groups in total. The molecule has 0 unspecified atom stereocenters. The minimum absolute atomic E-state index is 0.00822. The molecule has 0 saturated carbocycles. The molecule has 0 spiro atoms. The lowest BCUT2D eigenvalue weighted by Crippen LogP contribution is -2.24. The molecule has 0 aliphatic heterocycles. The summed E-state index contributed by atoms with van der Waals surface area (Å²) in [5.74, 6) is 0.00822. The monoisotopic (exact) mass is 324 g/mol. The summed E-state index contributed by atoms with van der Waals surface area (Å²) >= 11 is 0. The zero-order valence-corrected chi connectivity index (χ0v) is 14.0. The first kappa shape index (κ1) is 18.0. The summed E-state index contributed by atoms with van der Waals surface area (Å²) in [4.78, 5) is 12.9. The molecule has 0 aliphatic rings. The van der Waals surface area contributed by atoms with Gasteiger partial charge < -0.3 is 9.64 Å². The van der Waals surface area contributed by atoms with Gasteiger partial charge in [-0.3, -0.25) is 4.79 Å². The molecule has 0 bridgehead atoms. The normalized spacial score (nSPS) is 10.9. The van der Waals surface area contributed by atoms with Crippen molar-refractivity contribution in [2.45, 2.75) is 6.61 Å². The number of alkyl halides is 1. The summed E-state index contributed by atoms with van der Waals surface area (Å²) in [6.07, 6.45) is 4.04. The van der Waals surface area contributed by atoms with Gasteiger partial charge in [0.25, 0.3) is 0 Å². The molecule has 0 heterocycles. The summed E-state index contributed by atoms with van der Waals surface area (Å²) < 4.78 is 17.1. The van der Waals surface area contributed by atoms with E-state index in [1.54, 1.807) is 19.8 Å². The Morgan fingerprint density at radius 2 is 1.62 bits per heavy atom. The van der Waals surface area contributed by atoms with Crippen LogP contribution in [0.1, 0.15) is 16.7 Å². The molecule has 2 aromatic carbocycles. The lowest BCUT2D eigenvalue weighted by atomic mass is 10.1. The Labute approximate surface area is 143 Å². The fraction of sp³-hybridized carbons (Fsp3) is 0.211. The van der Waals surface area contributed by atoms with Crippen molar-refractivity contribution in [2.24, 2.45) is 0 Å². The summed E-state index contributed by atoms with van der Waals surface area (Å²) in [7, 11) is 3.30. The Balaban J connectivity index is 1.96. The number of amides is 1. The number of ether oxygens (including phenoxy) is 1. The van der Waals surface area contributed by atoms with Crippen molar-refractivity contribution in [3.8, 4) is 0 Å². The average Bonchev–Trinajstić information content (AvgIpc) is 2.61. The third-order valence-corrected chi connectivity index (χ3v) is 3.69. The molecule has 2 aromatic rings. The maximum absolute atomic E-state index is 12.0. The lowest BCUT2D eigenvalue weighted by Gasteiger charge is -2.15. The molecule has 3 nitrogen and oxygen atoms in total. The van der Waals surface area contributed by atoms with Gasteiger partial charge in [-0.2, -0.15) is 0 Å². The largest absolute Gasteiger partial charge is 0.374 e. The standard InChI is InChI=1S/C19H21BFNO2/c1-22(19(20)23)18-10-8-16(9-11-18)3-2-15-4-6-17(7-5-15)14-24-13-12-21/h2-11H,12-14,20H2,1H3/b3-2+/i21-1. The number of carbonyl (C=O) groups is 1. The van der Waals surface area contributed by atoms with E-state index in [4.69, 9.17) is 4.74 Å². The van der Waals surface area contributed by atoms with Crippen molar-refractivity contribution in [2.75, 3.05) is 25.2 Å². The number of nitrogens with zero attached hydrogens (tertiary/aromatic N) is 1. The molecule has 0 radical (unpaired) electrons. The van der Waals surface area contributed by atoms with E-state index in [9.17, 15) is 9.18 Å². The lowest BCUT2D eigenvalue weighted by molar-refractivity contribution is 0.106. The Bertz CT molecular complexity index is 684. The molecule has 1 amide bonds. The summed E-state index contributed by atoms with van der Waals surface area (Å²) in [6.45, 7) is 0.108. The van der Waals surface area contributed by atoms with Gasteiger partial charge in [0.05, 0.1) is 13.2 Å². The van der Waals surface area contributed by atoms with Gasteiger partial charge in [-0.05, 0) is 28.8 Å². The van der Waals surface area contributed by atoms with Crippen LogP contribution in [0.3, 0.4) is 0 Å². The van der Waals surface area contributed by atoms with Crippen LogP contribution in [-0.2, 0) is 11.3 Å². The molecular formula is C19H21BFNO2. The van der Waals surface area contributed by atoms with Crippen LogP contribution in [-0.4, -0.2) is 34.0 Å². The van der Waals surface area contributed by atoms with Crippen LogP contribution >= 0.6 is 0 Å². The van der Waals surface area contributed by atoms with Crippen molar-refractivity contribution in [1.82, 2.24) is 0 Å². The predicted molar refractivity (Wildman–Crippen MR) is 99.8 cm³/mol. The Morgan fingerprint density at radius 1 is 1.08 bits per heavy atom. The highest BCUT2D eigenvalue weighted by atomic mass is 18.2. The minimum atomic E-state index is -0.457. The zero-order valence-electron chi connectivity index (χ0n) is 14.0. The van der Waals surface area contributed by atoms with E-state index < -0.39 is 6.67 Å². The number of rotatable bonds is 7. The van der Waals surface area contributed by atoms with E-state index in [0.717, 1.165) is 22.4 Å². The van der Waals surface area contributed by atoms with Crippen LogP contribution in [0.4, 0.5) is 14.9 Å². The van der Waals surface area contributed by atoms with Crippen molar-refractivity contribution in [3.63, 3.8) is 0 Å². The third kappa shape index (κ3) is 5.35. The van der Waals surface area contributed by atoms with E-state index in [0.29, 0.717) is 6.61 Å². The van der Waals surface area contributed by atoms with Gasteiger partial charge in [0.1, 0.15) is 6.67 Å². The fourth-order valence-electron chi connectivity index (χ4n) is 2.15. The second-order valence-electron chi connectivity index (χ2n) is 5.49. The highest BCUT2D eigenvalue weighted by Crippen LogP contribution is 2.16. The first-order chi connectivity index (χ1) is 11.6. The SMILES string of the molecule is BC(=O)N(C)c1ccc(/C=C/c2ccc(COCC[18F])cc2)cc1. The third-order valence-electron chi connectivity index (χ3n) is 3.69. The van der Waals surface area contributed by atoms with Crippen LogP contribution < -0.4 is 4.90 Å². The van der Waals surface area contributed by atoms with Crippen LogP contribution in [0.25, 0.3) is 12.2 Å². The van der Waals surface area contributed by atoms with E-state index in [1.807, 2.05) is 60.7 Å². The molecule has 0 saturated heterocycles. The minimum Gasteiger partial charge on any atom is -0.374 e. The highest BCUT2D eigenvalue weighted by Gasteiger charge is 2.03. The van der Waals surface area contributed by atoms with Crippen LogP contribution in [0.5, 0.6) is 0 Å². The second-order valence-corrected chi connectivity index (χ2v) is 5.49. The topological polar surface area (TPSA) is 29.5 Å². The first-order valence-electron chi connectivity index (χ1n) is 7.85. The van der Waals surface area contributed by atoms with Crippen LogP contribution in [0, 0.1) is 0 Å². The number of hydrogen-bond acceptors (Lipinski definition) is 2. The van der Waals surface area contributed by atoms with Crippen LogP contribution in [0.15, 0.2) is 48.5 Å². The van der Waals surface area contributed by atoms with E-state index in [1.165, 1.54) is 0 Å². The Hall–Kier alpha value is -2.40. The summed E-state index contributed by atoms with van der Waals surface area (Å²) in [5, 5.41) is 0. The molecule has 0 atom stereocenters. The number of halogens is 1. The molecule has 124 valence electrons. The van der Waals surface area contributed by atoms with Crippen LogP contribution in [0.2, 0.25) is 0 Å². The average molecular weight is 324 g/mol. The van der Waals surface area contributed by atoms with Gasteiger partial charge in [0, 0.05) is 12.7 Å². The molecular weight excluding hydrogens is 303 g/mol. The molecule has 0 aliphatic carbocycles. The first-order valence-corrected chi connectivity index (χ1v) is 7.85. The number of carbonyl (C=O) groups excluding carboxylic acids is 1. The van der Waals surface area contributed by atoms with Crippen molar-refractivity contribution < 1.29 is 13.9 Å². The summed E-state index contributed by atoms with van der Waals surface area (Å²) in [5.41, 5.74) is 4.04. The van der Waals surface area contributed by atoms with Gasteiger partial charge >= 0.3 is 0 Å². The number of hydrogen-bond donors (Lipinski definition) is 0. The quantitative estimate of drug-likeness (QED) is 0.443. The van der Waals surface area contributed by atoms with Gasteiger partial charge in [0.15, 0.2) is 5.81 Å². The molecule has 2 rings (SSSR count). The highest BCUT2D eigenvalue weighted by molar-refractivity contribution is 6.60. The smallest absolute Gasteiger partial charge is 0.216 e. The van der Waals surface area contributed by atoms with E-state index in [2.05, 4.69) is 0 Å². The summed E-state index contributed by atoms with van der Waals surface area (Å²) in [6, 6.07) is 15.8. The van der Waals surface area contributed by atoms with Crippen molar-refractivity contribution in [1.29, 1.82) is 0 Å². The maximum Gasteiger partial charge on any atom is 0.216 e.